The standard InChI is InChI=1S/C17H27N3OS/c1-18(2)16(21)13-20-10-5-8-17(20)7-4-9-19(14-17)12-15-6-3-11-22-15/h3,6,11H,4-5,7-10,12-14H2,1-2H3/t17-/m0/s1. The van der Waals surface area contributed by atoms with Crippen LogP contribution in [0.4, 0.5) is 0 Å². The number of nitrogens with zero attached hydrogens (tertiary/aromatic N) is 3. The number of likely N-dealkylation sites (tertiary alicyclic amines) is 2. The number of carbonyl (C=O) groups is 1. The highest BCUT2D eigenvalue weighted by Crippen LogP contribution is 2.37. The molecule has 0 bridgehead atoms. The molecule has 1 atom stereocenters. The van der Waals surface area contributed by atoms with Gasteiger partial charge in [-0.3, -0.25) is 14.6 Å². The minimum absolute atomic E-state index is 0.233. The van der Waals surface area contributed by atoms with Crippen LogP contribution in [0.5, 0.6) is 0 Å². The molecule has 22 heavy (non-hydrogen) atoms. The van der Waals surface area contributed by atoms with E-state index in [9.17, 15) is 4.79 Å². The molecule has 122 valence electrons. The Morgan fingerprint density at radius 1 is 1.32 bits per heavy atom. The van der Waals surface area contributed by atoms with Crippen LogP contribution in [0.1, 0.15) is 30.6 Å². The summed E-state index contributed by atoms with van der Waals surface area (Å²) in [7, 11) is 3.71. The van der Waals surface area contributed by atoms with E-state index >= 15 is 0 Å². The van der Waals surface area contributed by atoms with E-state index in [1.807, 2.05) is 25.4 Å². The Hall–Kier alpha value is -0.910. The SMILES string of the molecule is CN(C)C(=O)CN1CCC[C@]12CCCN(Cc1cccs1)C2. The molecule has 1 aromatic rings. The van der Waals surface area contributed by atoms with Crippen molar-refractivity contribution in [3.63, 3.8) is 0 Å². The summed E-state index contributed by atoms with van der Waals surface area (Å²) in [5.74, 6) is 0.233. The molecule has 4 nitrogen and oxygen atoms in total. The Morgan fingerprint density at radius 3 is 2.77 bits per heavy atom. The van der Waals surface area contributed by atoms with Crippen molar-refractivity contribution >= 4 is 17.2 Å². The lowest BCUT2D eigenvalue weighted by Crippen LogP contribution is -2.57. The van der Waals surface area contributed by atoms with Crippen LogP contribution < -0.4 is 0 Å². The number of thiophene rings is 1. The molecule has 0 unspecified atom stereocenters. The number of amides is 1. The summed E-state index contributed by atoms with van der Waals surface area (Å²) >= 11 is 1.85. The zero-order chi connectivity index (χ0) is 15.6. The van der Waals surface area contributed by atoms with Crippen molar-refractivity contribution in [2.45, 2.75) is 37.8 Å². The number of hydrogen-bond donors (Lipinski definition) is 0. The number of rotatable bonds is 4. The van der Waals surface area contributed by atoms with Crippen LogP contribution >= 0.6 is 11.3 Å². The number of likely N-dealkylation sites (N-methyl/N-ethyl adjacent to an activating group) is 1. The molecule has 1 aromatic heterocycles. The van der Waals surface area contributed by atoms with E-state index in [0.29, 0.717) is 6.54 Å². The first-order valence-electron chi connectivity index (χ1n) is 8.29. The number of carbonyl (C=O) groups excluding carboxylic acids is 1. The molecule has 2 fully saturated rings. The van der Waals surface area contributed by atoms with Crippen molar-refractivity contribution < 1.29 is 4.79 Å². The third-order valence-corrected chi connectivity index (χ3v) is 6.02. The molecule has 3 heterocycles. The van der Waals surface area contributed by atoms with Gasteiger partial charge in [0, 0.05) is 37.6 Å². The van der Waals surface area contributed by atoms with Crippen molar-refractivity contribution in [3.05, 3.63) is 22.4 Å². The summed E-state index contributed by atoms with van der Waals surface area (Å²) in [4.78, 5) is 20.4. The van der Waals surface area contributed by atoms with Gasteiger partial charge in [-0.05, 0) is 50.2 Å². The van der Waals surface area contributed by atoms with Crippen LogP contribution in [0.15, 0.2) is 17.5 Å². The van der Waals surface area contributed by atoms with Crippen LogP contribution in [0.25, 0.3) is 0 Å². The van der Waals surface area contributed by atoms with Gasteiger partial charge in [0.05, 0.1) is 6.54 Å². The van der Waals surface area contributed by atoms with Crippen molar-refractivity contribution in [3.8, 4) is 0 Å². The normalized spacial score (nSPS) is 26.6. The van der Waals surface area contributed by atoms with Gasteiger partial charge in [0.15, 0.2) is 0 Å². The maximum Gasteiger partial charge on any atom is 0.236 e. The fraction of sp³-hybridized carbons (Fsp3) is 0.706. The van der Waals surface area contributed by atoms with E-state index in [1.54, 1.807) is 4.90 Å². The molecule has 2 aliphatic rings. The summed E-state index contributed by atoms with van der Waals surface area (Å²) < 4.78 is 0. The Kier molecular flexibility index (Phi) is 4.85. The molecule has 2 saturated heterocycles. The van der Waals surface area contributed by atoms with E-state index in [2.05, 4.69) is 27.3 Å². The maximum atomic E-state index is 12.1. The van der Waals surface area contributed by atoms with Crippen molar-refractivity contribution in [2.24, 2.45) is 0 Å². The highest BCUT2D eigenvalue weighted by Gasteiger charge is 2.44. The van der Waals surface area contributed by atoms with Gasteiger partial charge >= 0.3 is 0 Å². The number of hydrogen-bond acceptors (Lipinski definition) is 4. The summed E-state index contributed by atoms with van der Waals surface area (Å²) in [5.41, 5.74) is 0.237. The average Bonchev–Trinajstić information content (AvgIpc) is 3.11. The topological polar surface area (TPSA) is 26.8 Å². The fourth-order valence-corrected chi connectivity index (χ4v) is 4.72. The van der Waals surface area contributed by atoms with Gasteiger partial charge in [-0.1, -0.05) is 6.07 Å². The lowest BCUT2D eigenvalue weighted by Gasteiger charge is -2.46. The maximum absolute atomic E-state index is 12.1. The van der Waals surface area contributed by atoms with Gasteiger partial charge in [-0.15, -0.1) is 11.3 Å². The van der Waals surface area contributed by atoms with Crippen molar-refractivity contribution in [1.29, 1.82) is 0 Å². The second-order valence-electron chi connectivity index (χ2n) is 6.93. The van der Waals surface area contributed by atoms with Gasteiger partial charge in [0.2, 0.25) is 5.91 Å². The lowest BCUT2D eigenvalue weighted by molar-refractivity contribution is -0.131. The first-order valence-corrected chi connectivity index (χ1v) is 9.17. The van der Waals surface area contributed by atoms with Crippen LogP contribution in [0.3, 0.4) is 0 Å². The van der Waals surface area contributed by atoms with Crippen LogP contribution in [0, 0.1) is 0 Å². The Balaban J connectivity index is 1.66. The zero-order valence-electron chi connectivity index (χ0n) is 13.8. The van der Waals surface area contributed by atoms with E-state index in [-0.39, 0.29) is 11.4 Å². The van der Waals surface area contributed by atoms with Crippen LogP contribution in [-0.4, -0.2) is 66.4 Å². The largest absolute Gasteiger partial charge is 0.348 e. The Morgan fingerprint density at radius 2 is 2.09 bits per heavy atom. The highest BCUT2D eigenvalue weighted by atomic mass is 32.1. The average molecular weight is 321 g/mol. The molecule has 0 saturated carbocycles. The smallest absolute Gasteiger partial charge is 0.236 e. The first-order chi connectivity index (χ1) is 10.6. The molecule has 0 aliphatic carbocycles. The minimum atomic E-state index is 0.233. The summed E-state index contributed by atoms with van der Waals surface area (Å²) in [6, 6.07) is 4.37. The van der Waals surface area contributed by atoms with Gasteiger partial charge in [-0.25, -0.2) is 0 Å². The van der Waals surface area contributed by atoms with E-state index in [4.69, 9.17) is 0 Å². The van der Waals surface area contributed by atoms with Gasteiger partial charge in [-0.2, -0.15) is 0 Å². The fourth-order valence-electron chi connectivity index (χ4n) is 3.97. The Bertz CT molecular complexity index is 502. The van der Waals surface area contributed by atoms with Crippen molar-refractivity contribution in [2.75, 3.05) is 40.3 Å². The van der Waals surface area contributed by atoms with Gasteiger partial charge in [0.1, 0.15) is 0 Å². The van der Waals surface area contributed by atoms with E-state index < -0.39 is 0 Å². The second-order valence-corrected chi connectivity index (χ2v) is 7.96. The summed E-state index contributed by atoms with van der Waals surface area (Å²) in [5, 5.41) is 2.16. The van der Waals surface area contributed by atoms with Gasteiger partial charge < -0.3 is 4.90 Å². The van der Waals surface area contributed by atoms with E-state index in [0.717, 1.165) is 19.6 Å². The number of piperidine rings is 1. The minimum Gasteiger partial charge on any atom is -0.348 e. The molecule has 0 aromatic carbocycles. The molecule has 1 spiro atoms. The molecular weight excluding hydrogens is 294 g/mol. The molecule has 3 rings (SSSR count). The molecule has 5 heteroatoms. The van der Waals surface area contributed by atoms with E-state index in [1.165, 1.54) is 37.1 Å². The van der Waals surface area contributed by atoms with Gasteiger partial charge in [0.25, 0.3) is 0 Å². The highest BCUT2D eigenvalue weighted by molar-refractivity contribution is 7.09. The first kappa shape index (κ1) is 16.0. The lowest BCUT2D eigenvalue weighted by atomic mass is 9.86. The monoisotopic (exact) mass is 321 g/mol. The molecule has 1 amide bonds. The summed E-state index contributed by atoms with van der Waals surface area (Å²) in [6.45, 7) is 5.03. The molecular formula is C17H27N3OS. The molecule has 0 N–H and O–H groups in total. The van der Waals surface area contributed by atoms with Crippen molar-refractivity contribution in [1.82, 2.24) is 14.7 Å². The third-order valence-electron chi connectivity index (χ3n) is 5.16. The Labute approximate surface area is 137 Å². The molecule has 0 radical (unpaired) electrons. The second kappa shape index (κ2) is 6.69. The predicted molar refractivity (Wildman–Crippen MR) is 91.1 cm³/mol. The quantitative estimate of drug-likeness (QED) is 0.851. The zero-order valence-corrected chi connectivity index (χ0v) is 14.6. The third kappa shape index (κ3) is 3.36. The predicted octanol–water partition coefficient (Wildman–Crippen LogP) is 2.27. The van der Waals surface area contributed by atoms with Crippen LogP contribution in [-0.2, 0) is 11.3 Å². The van der Waals surface area contributed by atoms with Crippen LogP contribution in [0.2, 0.25) is 0 Å². The summed E-state index contributed by atoms with van der Waals surface area (Å²) in [6.07, 6.45) is 4.97. The molecule has 2 aliphatic heterocycles.